The summed E-state index contributed by atoms with van der Waals surface area (Å²) in [4.78, 5) is 9.79. The van der Waals surface area contributed by atoms with Gasteiger partial charge < -0.3 is 25.5 Å². The zero-order valence-corrected chi connectivity index (χ0v) is 25.3. The number of hydrogen-bond acceptors (Lipinski definition) is 7. The molecule has 5 N–H and O–H groups in total. The van der Waals surface area contributed by atoms with E-state index in [1.807, 2.05) is 54.6 Å². The first-order chi connectivity index (χ1) is 21.1. The van der Waals surface area contributed by atoms with Crippen LogP contribution in [0.2, 0.25) is 0 Å². The fourth-order valence-electron chi connectivity index (χ4n) is 6.77. The van der Waals surface area contributed by atoms with Gasteiger partial charge in [-0.15, -0.1) is 0 Å². The second kappa shape index (κ2) is 9.72. The maximum absolute atomic E-state index is 11.0. The van der Waals surface area contributed by atoms with E-state index in [1.165, 1.54) is 0 Å². The predicted octanol–water partition coefficient (Wildman–Crippen LogP) is 7.49. The highest BCUT2D eigenvalue weighted by atomic mass is 79.9. The summed E-state index contributed by atoms with van der Waals surface area (Å²) in [5.74, 6) is -4.90. The summed E-state index contributed by atoms with van der Waals surface area (Å²) in [5, 5.41) is 53.6. The maximum Gasteiger partial charge on any atom is 0.208 e. The quantitative estimate of drug-likeness (QED) is 0.0766. The van der Waals surface area contributed by atoms with E-state index in [0.717, 1.165) is 38.8 Å². The second-order valence-corrected chi connectivity index (χ2v) is 12.8. The molecule has 1 aliphatic rings. The van der Waals surface area contributed by atoms with Crippen LogP contribution in [-0.4, -0.2) is 35.5 Å². The number of benzene rings is 5. The predicted molar refractivity (Wildman–Crippen MR) is 172 cm³/mol. The van der Waals surface area contributed by atoms with Gasteiger partial charge in [0.1, 0.15) is 5.56 Å². The van der Waals surface area contributed by atoms with Crippen LogP contribution in [0.25, 0.3) is 22.3 Å². The largest absolute Gasteiger partial charge is 0.504 e. The van der Waals surface area contributed by atoms with Gasteiger partial charge >= 0.3 is 0 Å². The third kappa shape index (κ3) is 3.61. The second-order valence-electron chi connectivity index (χ2n) is 11.2. The van der Waals surface area contributed by atoms with E-state index >= 15 is 0 Å². The van der Waals surface area contributed by atoms with Gasteiger partial charge in [-0.2, -0.15) is 0 Å². The van der Waals surface area contributed by atoms with Crippen LogP contribution in [0.5, 0.6) is 28.7 Å². The summed E-state index contributed by atoms with van der Waals surface area (Å²) in [7, 11) is 0. The van der Waals surface area contributed by atoms with Gasteiger partial charge in [-0.25, -0.2) is 9.97 Å². The molecule has 0 unspecified atom stereocenters. The van der Waals surface area contributed by atoms with Crippen molar-refractivity contribution < 1.29 is 25.5 Å². The lowest BCUT2D eigenvalue weighted by Crippen LogP contribution is -2.42. The van der Waals surface area contributed by atoms with Crippen molar-refractivity contribution in [3.05, 3.63) is 136 Å². The van der Waals surface area contributed by atoms with Crippen LogP contribution in [0, 0.1) is 6.92 Å². The van der Waals surface area contributed by atoms with Crippen molar-refractivity contribution >= 4 is 26.8 Å². The van der Waals surface area contributed by atoms with Crippen LogP contribution in [0.4, 0.5) is 0 Å². The Balaban J connectivity index is 1.74. The van der Waals surface area contributed by atoms with Gasteiger partial charge in [-0.05, 0) is 53.3 Å². The van der Waals surface area contributed by atoms with E-state index in [4.69, 9.17) is 4.98 Å². The van der Waals surface area contributed by atoms with Crippen LogP contribution in [0.15, 0.2) is 97.1 Å². The molecule has 0 fully saturated rings. The highest BCUT2D eigenvalue weighted by Gasteiger charge is 2.52. The number of aryl methyl sites for hydroxylation is 1. The van der Waals surface area contributed by atoms with Crippen molar-refractivity contribution in [1.29, 1.82) is 0 Å². The highest BCUT2D eigenvalue weighted by molar-refractivity contribution is 9.09. The minimum Gasteiger partial charge on any atom is -0.504 e. The number of alkyl halides is 1. The van der Waals surface area contributed by atoms with E-state index in [-0.39, 0.29) is 5.82 Å². The molecule has 8 heteroatoms. The number of phenolic OH excluding ortho intramolecular Hbond substituents is 5. The highest BCUT2D eigenvalue weighted by Crippen LogP contribution is 2.59. The molecule has 0 amide bonds. The molecule has 218 valence electrons. The first kappa shape index (κ1) is 27.7. The number of halogens is 1. The molecule has 5 aromatic carbocycles. The minimum absolute atomic E-state index is 0.144. The van der Waals surface area contributed by atoms with Gasteiger partial charge in [0.25, 0.3) is 0 Å². The summed E-state index contributed by atoms with van der Waals surface area (Å²) in [6, 6.07) is 32.0. The molecule has 7 nitrogen and oxygen atoms in total. The Morgan fingerprint density at radius 2 is 1.00 bits per heavy atom. The molecule has 0 atom stereocenters. The van der Waals surface area contributed by atoms with Gasteiger partial charge in [0.2, 0.25) is 17.2 Å². The summed E-state index contributed by atoms with van der Waals surface area (Å²) in [6.07, 6.45) is 0. The molecule has 0 spiro atoms. The molecule has 1 aromatic heterocycles. The lowest BCUT2D eigenvalue weighted by molar-refractivity contribution is 0.329. The van der Waals surface area contributed by atoms with Crippen molar-refractivity contribution in [1.82, 2.24) is 9.97 Å². The molecule has 0 saturated carbocycles. The fourth-order valence-corrected chi connectivity index (χ4v) is 7.46. The molecule has 7 rings (SSSR count). The summed E-state index contributed by atoms with van der Waals surface area (Å²) < 4.78 is -0.539. The Bertz CT molecular complexity index is 2060. The lowest BCUT2D eigenvalue weighted by atomic mass is 9.58. The Kier molecular flexibility index (Phi) is 6.13. The molecule has 1 heterocycles. The standard InChI is InChI=1S/C36H27BrN2O5/c1-19-11-3-5-13-21(19)36(24-16-8-6-14-22(24)35(2,37)23-15-7-9-17-25(23)36)33-20-12-4-10-18-26(20)38-34(39-33)27-28(40)30(42)32(44)31(43)29(27)41/h3-18,40-44H,1-2H3. The van der Waals surface area contributed by atoms with Crippen molar-refractivity contribution in [2.45, 2.75) is 23.6 Å². The average molecular weight is 648 g/mol. The van der Waals surface area contributed by atoms with Crippen LogP contribution < -0.4 is 0 Å². The summed E-state index contributed by atoms with van der Waals surface area (Å²) in [5.41, 5.74) is 5.68. The molecule has 6 aromatic rings. The van der Waals surface area contributed by atoms with Crippen molar-refractivity contribution in [3.63, 3.8) is 0 Å². The molecular weight excluding hydrogens is 620 g/mol. The molecule has 1 aliphatic carbocycles. The number of phenols is 5. The van der Waals surface area contributed by atoms with E-state index < -0.39 is 44.1 Å². The Morgan fingerprint density at radius 1 is 0.545 bits per heavy atom. The van der Waals surface area contributed by atoms with Crippen molar-refractivity contribution in [2.24, 2.45) is 0 Å². The minimum atomic E-state index is -1.05. The molecular formula is C36H27BrN2O5. The average Bonchev–Trinajstić information content (AvgIpc) is 3.04. The summed E-state index contributed by atoms with van der Waals surface area (Å²) >= 11 is 4.07. The number of aromatic nitrogens is 2. The normalized spacial score (nSPS) is 19.0. The Labute approximate surface area is 261 Å². The number of hydrogen-bond donors (Lipinski definition) is 5. The molecule has 0 radical (unpaired) electrons. The summed E-state index contributed by atoms with van der Waals surface area (Å²) in [6.45, 7) is 4.19. The number of para-hydroxylation sites is 1. The first-order valence-corrected chi connectivity index (χ1v) is 14.8. The van der Waals surface area contributed by atoms with Crippen LogP contribution in [0.1, 0.15) is 46.0 Å². The van der Waals surface area contributed by atoms with Gasteiger partial charge in [0.05, 0.1) is 20.9 Å². The van der Waals surface area contributed by atoms with Gasteiger partial charge in [-0.3, -0.25) is 0 Å². The molecule has 0 saturated heterocycles. The number of aromatic hydroxyl groups is 5. The van der Waals surface area contributed by atoms with E-state index in [1.54, 1.807) is 6.07 Å². The zero-order valence-electron chi connectivity index (χ0n) is 23.7. The Morgan fingerprint density at radius 3 is 1.57 bits per heavy atom. The topological polar surface area (TPSA) is 127 Å². The van der Waals surface area contributed by atoms with Crippen LogP contribution in [0.3, 0.4) is 0 Å². The van der Waals surface area contributed by atoms with E-state index in [9.17, 15) is 25.5 Å². The van der Waals surface area contributed by atoms with Crippen molar-refractivity contribution in [3.8, 4) is 40.1 Å². The maximum atomic E-state index is 11.0. The molecule has 0 aliphatic heterocycles. The SMILES string of the molecule is Cc1ccccc1C1(c2nc(-c3c(O)c(O)c(O)c(O)c3O)nc3ccccc23)c2ccccc2C(C)(Br)c2ccccc21. The third-order valence-electron chi connectivity index (χ3n) is 8.78. The van der Waals surface area contributed by atoms with Crippen LogP contribution >= 0.6 is 15.9 Å². The van der Waals surface area contributed by atoms with Gasteiger partial charge in [0.15, 0.2) is 17.3 Å². The Hall–Kier alpha value is -5.08. The molecule has 44 heavy (non-hydrogen) atoms. The van der Waals surface area contributed by atoms with Crippen LogP contribution in [-0.2, 0) is 9.74 Å². The first-order valence-electron chi connectivity index (χ1n) is 14.0. The third-order valence-corrected chi connectivity index (χ3v) is 9.63. The number of rotatable bonds is 3. The fraction of sp³-hybridized carbons (Fsp3) is 0.111. The number of fused-ring (bicyclic) bond motifs is 3. The number of nitrogens with zero attached hydrogens (tertiary/aromatic N) is 2. The van der Waals surface area contributed by atoms with Gasteiger partial charge in [-0.1, -0.05) is 107 Å². The monoisotopic (exact) mass is 646 g/mol. The van der Waals surface area contributed by atoms with Crippen molar-refractivity contribution in [2.75, 3.05) is 0 Å². The smallest absolute Gasteiger partial charge is 0.208 e. The lowest BCUT2D eigenvalue weighted by Gasteiger charge is -2.47. The molecule has 0 bridgehead atoms. The van der Waals surface area contributed by atoms with E-state index in [2.05, 4.69) is 71.2 Å². The van der Waals surface area contributed by atoms with Gasteiger partial charge in [0, 0.05) is 5.39 Å². The zero-order chi connectivity index (χ0) is 31.0. The van der Waals surface area contributed by atoms with E-state index in [0.29, 0.717) is 11.2 Å².